The summed E-state index contributed by atoms with van der Waals surface area (Å²) >= 11 is 0. The van der Waals surface area contributed by atoms with Gasteiger partial charge in [-0.05, 0) is 114 Å². The molecule has 0 aliphatic heterocycles. The molecule has 0 fully saturated rings. The number of rotatable bonds is 12. The van der Waals surface area contributed by atoms with Crippen LogP contribution >= 0.6 is 0 Å². The molecule has 30 heteroatoms. The molecule has 0 unspecified atom stereocenters. The molecule has 0 bridgehead atoms. The van der Waals surface area contributed by atoms with Gasteiger partial charge in [-0.3, -0.25) is 0 Å². The van der Waals surface area contributed by atoms with Gasteiger partial charge in [0, 0.05) is 47.5 Å². The molecule has 28 nitrogen and oxygen atoms in total. The third kappa shape index (κ3) is 29.8. The van der Waals surface area contributed by atoms with E-state index in [2.05, 4.69) is 0 Å². The van der Waals surface area contributed by atoms with E-state index in [9.17, 15) is 39.6 Å². The van der Waals surface area contributed by atoms with Crippen molar-refractivity contribution >= 4 is 67.0 Å². The van der Waals surface area contributed by atoms with Crippen molar-refractivity contribution in [3.05, 3.63) is 168 Å². The second kappa shape index (κ2) is 52.8. The standard InChI is InChI=1S/4C14H14O3.2Ni.16H2O/c4*1-9(14(15)16)10-3-4-12-8-13(17-2)6-5-11(12)7-10;;;;;;;;;;;;;;;;;;/h4*3-9H,1-2H3,(H,15,16);;;16*1H2/q;;;;2*+2;;;;;;;;;;;;;;;;/p+8/t4*9-;;;;;;;;;;;;;;;;;;/m0000................../s1. The van der Waals surface area contributed by atoms with Crippen LogP contribution in [0.4, 0.5) is 0 Å². The summed E-state index contributed by atoms with van der Waals surface area (Å²) in [5.41, 5.74) is 3.01. The van der Waals surface area contributed by atoms with Crippen molar-refractivity contribution in [3.63, 3.8) is 0 Å². The van der Waals surface area contributed by atoms with Crippen molar-refractivity contribution in [2.45, 2.75) is 51.4 Å². The number of ether oxygens (including phenoxy) is 4. The van der Waals surface area contributed by atoms with Gasteiger partial charge in [0.1, 0.15) is 23.0 Å². The second-order valence-electron chi connectivity index (χ2n) is 16.1. The summed E-state index contributed by atoms with van der Waals surface area (Å²) in [4.78, 5) is 43.2. The Labute approximate surface area is 514 Å². The molecule has 8 rings (SSSR count). The Balaban J connectivity index is -0.0000000626. The summed E-state index contributed by atoms with van der Waals surface area (Å²) in [6, 6.07) is 45.1. The van der Waals surface area contributed by atoms with Crippen LogP contribution in [0.2, 0.25) is 0 Å². The van der Waals surface area contributed by atoms with Gasteiger partial charge in [-0.25, -0.2) is 0 Å². The minimum absolute atomic E-state index is 0. The van der Waals surface area contributed by atoms with Gasteiger partial charge >= 0.3 is 33.0 Å². The zero-order valence-electron chi connectivity index (χ0n) is 48.6. The van der Waals surface area contributed by atoms with Gasteiger partial charge in [0.25, 0.3) is 0 Å². The second-order valence-corrected chi connectivity index (χ2v) is 16.1. The number of carbonyl (C=O) groups excluding carboxylic acids is 4. The summed E-state index contributed by atoms with van der Waals surface area (Å²) in [6.45, 7) is 6.50. The van der Waals surface area contributed by atoms with Crippen molar-refractivity contribution in [1.29, 1.82) is 0 Å². The van der Waals surface area contributed by atoms with E-state index in [0.29, 0.717) is 0 Å². The Bertz CT molecular complexity index is 2700. The van der Waals surface area contributed by atoms with Crippen molar-refractivity contribution in [2.24, 2.45) is 0 Å². The maximum absolute atomic E-state index is 10.8. The number of benzene rings is 8. The summed E-state index contributed by atoms with van der Waals surface area (Å²) in [5, 5.41) is 51.3. The molecule has 0 amide bonds. The molecule has 0 saturated carbocycles. The van der Waals surface area contributed by atoms with E-state index >= 15 is 0 Å². The van der Waals surface area contributed by atoms with Gasteiger partial charge in [0.2, 0.25) is 0 Å². The first kappa shape index (κ1) is 113. The van der Waals surface area contributed by atoms with Crippen molar-refractivity contribution in [2.75, 3.05) is 28.4 Å². The molecule has 4 atom stereocenters. The Morgan fingerprint density at radius 3 is 0.523 bits per heavy atom. The van der Waals surface area contributed by atoms with Crippen LogP contribution < -0.4 is 39.4 Å². The van der Waals surface area contributed by atoms with E-state index in [1.807, 2.05) is 146 Å². The maximum atomic E-state index is 10.8. The number of methoxy groups -OCH3 is 4. The van der Waals surface area contributed by atoms with E-state index < -0.39 is 47.5 Å². The van der Waals surface area contributed by atoms with Gasteiger partial charge < -0.3 is 146 Å². The molecule has 86 heavy (non-hydrogen) atoms. The van der Waals surface area contributed by atoms with Gasteiger partial charge in [0.15, 0.2) is 0 Å². The number of hydrogen-bond donors (Lipinski definition) is 0. The van der Waals surface area contributed by atoms with Gasteiger partial charge in [-0.15, -0.1) is 0 Å². The van der Waals surface area contributed by atoms with E-state index in [1.54, 1.807) is 56.1 Å². The number of carboxylic acid groups (broad SMARTS) is 4. The van der Waals surface area contributed by atoms with Crippen LogP contribution in [0.3, 0.4) is 0 Å². The zero-order valence-corrected chi connectivity index (χ0v) is 50.6. The smallest absolute Gasteiger partial charge is 0.550 e. The molecular weight excluding hydrogens is 1240 g/mol. The van der Waals surface area contributed by atoms with E-state index in [1.165, 1.54) is 0 Å². The van der Waals surface area contributed by atoms with Crippen LogP contribution in [-0.4, -0.2) is 74.2 Å². The minimum atomic E-state index is -1.06. The maximum Gasteiger partial charge on any atom is 2.00 e. The number of aliphatic carboxylic acids is 4. The third-order valence-corrected chi connectivity index (χ3v) is 11.7. The molecule has 44 N–H and O–H groups in total. The van der Waals surface area contributed by atoms with Gasteiger partial charge in [-0.2, -0.15) is 0 Å². The van der Waals surface area contributed by atoms with Crippen molar-refractivity contribution in [1.82, 2.24) is 0 Å². The zero-order chi connectivity index (χ0) is 49.7. The largest absolute Gasteiger partial charge is 2.00 e. The number of hydrogen-bond acceptors (Lipinski definition) is 12. The fraction of sp³-hybridized carbons (Fsp3) is 0.214. The Morgan fingerprint density at radius 2 is 0.395 bits per heavy atom. The number of carbonyl (C=O) groups is 4. The predicted octanol–water partition coefficient (Wildman–Crippen LogP) is -7.56. The van der Waals surface area contributed by atoms with E-state index in [4.69, 9.17) is 18.9 Å². The Kier molecular flexibility index (Phi) is 69.4. The average molecular weight is 1330 g/mol. The predicted molar refractivity (Wildman–Crippen MR) is 329 cm³/mol. The molecular formula is C56H96Ni2O28+12. The van der Waals surface area contributed by atoms with Crippen LogP contribution in [0.1, 0.15) is 73.6 Å². The fourth-order valence-corrected chi connectivity index (χ4v) is 7.10. The van der Waals surface area contributed by atoms with Crippen LogP contribution in [0.25, 0.3) is 43.1 Å². The molecule has 0 aromatic heterocycles. The molecule has 0 saturated heterocycles. The Hall–Kier alpha value is -7.77. The molecule has 0 heterocycles. The summed E-state index contributed by atoms with van der Waals surface area (Å²) in [5.74, 6) is -3.45. The normalized spacial score (nSPS) is 9.77. The average Bonchev–Trinajstić information content (AvgIpc) is 3.36. The Morgan fingerprint density at radius 1 is 0.267 bits per heavy atom. The SMILES string of the molecule is COc1ccc2cc([C@H](C)C(=O)[O-])ccc2c1.COc1ccc2cc([C@H](C)C(=O)[O-])ccc2c1.COc1ccc2cc([C@H](C)C(=O)[O-])ccc2c1.COc1ccc2cc([C@H](C)C(=O)[O-])ccc2c1.O.O.O.O.[Ni+2].[Ni+2].[OH3+].[OH3+].[OH3+].[OH3+].[OH3+].[OH3+].[OH3+].[OH3+].[OH3+].[OH3+].[OH3+].[OH3+]. The molecule has 0 radical (unpaired) electrons. The first-order valence-corrected chi connectivity index (χ1v) is 21.6. The van der Waals surface area contributed by atoms with Gasteiger partial charge in [-0.1, -0.05) is 125 Å². The quantitative estimate of drug-likeness (QED) is 0.0814. The molecule has 8 aromatic carbocycles. The monoisotopic (exact) mass is 1330 g/mol. The van der Waals surface area contributed by atoms with Crippen LogP contribution in [-0.2, 0) is 118 Å². The molecule has 0 spiro atoms. The van der Waals surface area contributed by atoms with Crippen molar-refractivity contribution < 1.29 is 179 Å². The molecule has 8 aromatic rings. The number of carboxylic acids is 4. The molecule has 496 valence electrons. The first-order chi connectivity index (χ1) is 32.5. The first-order valence-electron chi connectivity index (χ1n) is 21.6. The summed E-state index contributed by atoms with van der Waals surface area (Å²) < 4.78 is 20.5. The van der Waals surface area contributed by atoms with Crippen LogP contribution in [0.15, 0.2) is 146 Å². The summed E-state index contributed by atoms with van der Waals surface area (Å²) in [6.07, 6.45) is 0. The van der Waals surface area contributed by atoms with Crippen LogP contribution in [0.5, 0.6) is 23.0 Å². The topological polar surface area (TPSA) is 719 Å². The molecule has 0 aliphatic carbocycles. The van der Waals surface area contributed by atoms with Crippen LogP contribution in [0, 0.1) is 0 Å². The molecule has 0 aliphatic rings. The fourth-order valence-electron chi connectivity index (χ4n) is 7.10. The number of fused-ring (bicyclic) bond motifs is 4. The summed E-state index contributed by atoms with van der Waals surface area (Å²) in [7, 11) is 6.48. The van der Waals surface area contributed by atoms with Gasteiger partial charge in [0.05, 0.1) is 28.4 Å². The van der Waals surface area contributed by atoms with Crippen molar-refractivity contribution in [3.8, 4) is 23.0 Å². The van der Waals surface area contributed by atoms with E-state index in [0.717, 1.165) is 88.3 Å². The van der Waals surface area contributed by atoms with E-state index in [-0.39, 0.29) is 121 Å². The minimum Gasteiger partial charge on any atom is -0.550 e. The third-order valence-electron chi connectivity index (χ3n) is 11.7.